The number of amides is 1. The van der Waals surface area contributed by atoms with Gasteiger partial charge in [-0.25, -0.2) is 4.79 Å². The number of esters is 1. The summed E-state index contributed by atoms with van der Waals surface area (Å²) in [7, 11) is 3.47. The molecular formula is C21H25N3O3. The molecule has 0 radical (unpaired) electrons. The van der Waals surface area contributed by atoms with Crippen LogP contribution in [0, 0.1) is 0 Å². The normalized spacial score (nSPS) is 15.2. The van der Waals surface area contributed by atoms with Crippen LogP contribution in [0.5, 0.6) is 0 Å². The number of likely N-dealkylation sites (tertiary alicyclic amines) is 1. The smallest absolute Gasteiger partial charge is 0.337 e. The Labute approximate surface area is 159 Å². The number of rotatable bonds is 5. The number of hydrogen-bond donors (Lipinski definition) is 2. The van der Waals surface area contributed by atoms with Crippen LogP contribution < -0.4 is 10.6 Å². The SMILES string of the molecule is COC(=O)c1ccc(C(=O)Nc2ccccc2NC2CCN(C)CC2)cc1. The Balaban J connectivity index is 1.68. The number of piperidine rings is 1. The highest BCUT2D eigenvalue weighted by molar-refractivity contribution is 6.06. The minimum absolute atomic E-state index is 0.218. The van der Waals surface area contributed by atoms with Crippen LogP contribution in [0.2, 0.25) is 0 Å². The highest BCUT2D eigenvalue weighted by atomic mass is 16.5. The molecule has 1 aliphatic heterocycles. The summed E-state index contributed by atoms with van der Waals surface area (Å²) < 4.78 is 4.68. The van der Waals surface area contributed by atoms with Gasteiger partial charge in [-0.15, -0.1) is 0 Å². The van der Waals surface area contributed by atoms with Crippen LogP contribution in [-0.4, -0.2) is 50.1 Å². The number of nitrogens with one attached hydrogen (secondary N) is 2. The number of ether oxygens (including phenoxy) is 1. The molecule has 27 heavy (non-hydrogen) atoms. The van der Waals surface area contributed by atoms with Crippen molar-refractivity contribution in [3.63, 3.8) is 0 Å². The number of benzene rings is 2. The fraction of sp³-hybridized carbons (Fsp3) is 0.333. The van der Waals surface area contributed by atoms with Gasteiger partial charge >= 0.3 is 5.97 Å². The first kappa shape index (κ1) is 18.9. The maximum atomic E-state index is 12.6. The fourth-order valence-corrected chi connectivity index (χ4v) is 3.16. The van der Waals surface area contributed by atoms with Crippen molar-refractivity contribution in [3.8, 4) is 0 Å². The molecule has 1 heterocycles. The average molecular weight is 367 g/mol. The highest BCUT2D eigenvalue weighted by Gasteiger charge is 2.18. The molecule has 0 atom stereocenters. The first-order chi connectivity index (χ1) is 13.1. The van der Waals surface area contributed by atoms with Gasteiger partial charge < -0.3 is 20.3 Å². The second-order valence-electron chi connectivity index (χ2n) is 6.79. The zero-order valence-corrected chi connectivity index (χ0v) is 15.7. The number of anilines is 2. The molecule has 0 unspecified atom stereocenters. The first-order valence-corrected chi connectivity index (χ1v) is 9.10. The highest BCUT2D eigenvalue weighted by Crippen LogP contribution is 2.25. The molecule has 6 nitrogen and oxygen atoms in total. The largest absolute Gasteiger partial charge is 0.465 e. The van der Waals surface area contributed by atoms with Gasteiger partial charge in [-0.3, -0.25) is 4.79 Å². The molecule has 0 aliphatic carbocycles. The summed E-state index contributed by atoms with van der Waals surface area (Å²) in [4.78, 5) is 26.4. The number of carbonyl (C=O) groups excluding carboxylic acids is 2. The molecule has 1 aliphatic rings. The molecule has 0 spiro atoms. The van der Waals surface area contributed by atoms with Gasteiger partial charge in [-0.05, 0) is 69.4 Å². The van der Waals surface area contributed by atoms with Crippen molar-refractivity contribution in [1.82, 2.24) is 4.90 Å². The maximum absolute atomic E-state index is 12.6. The molecule has 0 aromatic heterocycles. The van der Waals surface area contributed by atoms with Gasteiger partial charge in [0.2, 0.25) is 0 Å². The molecule has 3 rings (SSSR count). The Morgan fingerprint density at radius 1 is 0.963 bits per heavy atom. The Morgan fingerprint density at radius 3 is 2.19 bits per heavy atom. The third-order valence-corrected chi connectivity index (χ3v) is 4.82. The summed E-state index contributed by atoms with van der Waals surface area (Å²) in [6.07, 6.45) is 2.15. The standard InChI is InChI=1S/C21H25N3O3/c1-24-13-11-17(12-14-24)22-18-5-3-4-6-19(18)23-20(25)15-7-9-16(10-8-15)21(26)27-2/h3-10,17,22H,11-14H2,1-2H3,(H,23,25). The van der Waals surface area contributed by atoms with Gasteiger partial charge in [0, 0.05) is 11.6 Å². The molecule has 1 fully saturated rings. The van der Waals surface area contributed by atoms with Gasteiger partial charge in [0.1, 0.15) is 0 Å². The van der Waals surface area contributed by atoms with Crippen LogP contribution in [0.1, 0.15) is 33.6 Å². The second-order valence-corrected chi connectivity index (χ2v) is 6.79. The van der Waals surface area contributed by atoms with Crippen molar-refractivity contribution in [2.45, 2.75) is 18.9 Å². The Morgan fingerprint density at radius 2 is 1.56 bits per heavy atom. The van der Waals surface area contributed by atoms with E-state index in [1.54, 1.807) is 24.3 Å². The number of nitrogens with zero attached hydrogens (tertiary/aromatic N) is 1. The lowest BCUT2D eigenvalue weighted by molar-refractivity contribution is 0.0600. The molecule has 2 aromatic rings. The quantitative estimate of drug-likeness (QED) is 0.794. The van der Waals surface area contributed by atoms with Crippen molar-refractivity contribution in [1.29, 1.82) is 0 Å². The summed E-state index contributed by atoms with van der Waals surface area (Å²) in [5, 5.41) is 6.52. The van der Waals surface area contributed by atoms with Crippen LogP contribution in [0.25, 0.3) is 0 Å². The van der Waals surface area contributed by atoms with E-state index in [9.17, 15) is 9.59 Å². The number of carbonyl (C=O) groups is 2. The zero-order chi connectivity index (χ0) is 19.2. The van der Waals surface area contributed by atoms with Crippen LogP contribution in [0.15, 0.2) is 48.5 Å². The summed E-state index contributed by atoms with van der Waals surface area (Å²) in [6.45, 7) is 2.14. The number of hydrogen-bond acceptors (Lipinski definition) is 5. The van der Waals surface area contributed by atoms with Crippen LogP contribution >= 0.6 is 0 Å². The van der Waals surface area contributed by atoms with E-state index in [0.29, 0.717) is 17.2 Å². The first-order valence-electron chi connectivity index (χ1n) is 9.10. The molecule has 0 bridgehead atoms. The summed E-state index contributed by atoms with van der Waals surface area (Å²) >= 11 is 0. The minimum atomic E-state index is -0.422. The van der Waals surface area contributed by atoms with E-state index in [1.807, 2.05) is 24.3 Å². The van der Waals surface area contributed by atoms with Gasteiger partial charge in [-0.1, -0.05) is 12.1 Å². The van der Waals surface area contributed by atoms with Gasteiger partial charge in [0.05, 0.1) is 24.0 Å². The van der Waals surface area contributed by atoms with E-state index >= 15 is 0 Å². The fourth-order valence-electron chi connectivity index (χ4n) is 3.16. The predicted octanol–water partition coefficient (Wildman–Crippen LogP) is 3.23. The van der Waals surface area contributed by atoms with Gasteiger partial charge in [0.15, 0.2) is 0 Å². The van der Waals surface area contributed by atoms with Gasteiger partial charge in [-0.2, -0.15) is 0 Å². The lowest BCUT2D eigenvalue weighted by Gasteiger charge is -2.30. The Kier molecular flexibility index (Phi) is 6.08. The molecule has 0 saturated carbocycles. The predicted molar refractivity (Wildman–Crippen MR) is 106 cm³/mol. The van der Waals surface area contributed by atoms with E-state index in [1.165, 1.54) is 7.11 Å². The summed E-state index contributed by atoms with van der Waals surface area (Å²) in [6, 6.07) is 14.5. The van der Waals surface area contributed by atoms with Crippen molar-refractivity contribution in [2.75, 3.05) is 37.9 Å². The zero-order valence-electron chi connectivity index (χ0n) is 15.7. The molecule has 2 N–H and O–H groups in total. The molecular weight excluding hydrogens is 342 g/mol. The lowest BCUT2D eigenvalue weighted by atomic mass is 10.0. The van der Waals surface area contributed by atoms with Crippen molar-refractivity contribution in [2.24, 2.45) is 0 Å². The average Bonchev–Trinajstić information content (AvgIpc) is 2.70. The lowest BCUT2D eigenvalue weighted by Crippen LogP contribution is -2.36. The third-order valence-electron chi connectivity index (χ3n) is 4.82. The molecule has 142 valence electrons. The van der Waals surface area contributed by atoms with Crippen LogP contribution in [0.4, 0.5) is 11.4 Å². The Bertz CT molecular complexity index is 797. The van der Waals surface area contributed by atoms with Crippen LogP contribution in [-0.2, 0) is 4.74 Å². The third kappa shape index (κ3) is 4.86. The van der Waals surface area contributed by atoms with E-state index in [4.69, 9.17) is 0 Å². The maximum Gasteiger partial charge on any atom is 0.337 e. The Hall–Kier alpha value is -2.86. The number of para-hydroxylation sites is 2. The van der Waals surface area contributed by atoms with Gasteiger partial charge in [0.25, 0.3) is 5.91 Å². The minimum Gasteiger partial charge on any atom is -0.465 e. The van der Waals surface area contributed by atoms with Crippen molar-refractivity contribution >= 4 is 23.3 Å². The second kappa shape index (κ2) is 8.68. The molecule has 1 saturated heterocycles. The summed E-state index contributed by atoms with van der Waals surface area (Å²) in [5.41, 5.74) is 2.57. The van der Waals surface area contributed by atoms with E-state index < -0.39 is 5.97 Å². The molecule has 2 aromatic carbocycles. The number of methoxy groups -OCH3 is 1. The van der Waals surface area contributed by atoms with E-state index in [0.717, 1.165) is 37.3 Å². The van der Waals surface area contributed by atoms with E-state index in [2.05, 4.69) is 27.3 Å². The summed E-state index contributed by atoms with van der Waals surface area (Å²) in [5.74, 6) is -0.640. The topological polar surface area (TPSA) is 70.7 Å². The van der Waals surface area contributed by atoms with E-state index in [-0.39, 0.29) is 5.91 Å². The monoisotopic (exact) mass is 367 g/mol. The molecule has 1 amide bonds. The van der Waals surface area contributed by atoms with Crippen molar-refractivity contribution in [3.05, 3.63) is 59.7 Å². The van der Waals surface area contributed by atoms with Crippen LogP contribution in [0.3, 0.4) is 0 Å². The molecule has 6 heteroatoms. The van der Waals surface area contributed by atoms with Crippen molar-refractivity contribution < 1.29 is 14.3 Å².